The Kier molecular flexibility index (Phi) is 6.32. The number of hydrogen-bond acceptors (Lipinski definition) is 3. The van der Waals surface area contributed by atoms with Crippen molar-refractivity contribution in [2.45, 2.75) is 13.0 Å². The highest BCUT2D eigenvalue weighted by molar-refractivity contribution is 5.78. The lowest BCUT2D eigenvalue weighted by atomic mass is 10.0. The molecule has 1 aromatic rings. The predicted molar refractivity (Wildman–Crippen MR) is 72.7 cm³/mol. The van der Waals surface area contributed by atoms with E-state index in [1.807, 2.05) is 12.1 Å². The first-order valence-electron chi connectivity index (χ1n) is 6.00. The summed E-state index contributed by atoms with van der Waals surface area (Å²) in [6.07, 6.45) is 1.64. The first-order valence-corrected chi connectivity index (χ1v) is 6.00. The monoisotopic (exact) mass is 262 g/mol. The Morgan fingerprint density at radius 2 is 1.95 bits per heavy atom. The molecule has 0 bridgehead atoms. The van der Waals surface area contributed by atoms with Gasteiger partial charge < -0.3 is 15.7 Å². The average Bonchev–Trinajstić information content (AvgIpc) is 2.37. The third-order valence-electron chi connectivity index (χ3n) is 2.51. The molecule has 0 aliphatic carbocycles. The number of aliphatic carboxylic acids is 1. The molecule has 1 aromatic carbocycles. The van der Waals surface area contributed by atoms with Gasteiger partial charge in [-0.3, -0.25) is 9.59 Å². The van der Waals surface area contributed by atoms with E-state index in [1.165, 1.54) is 0 Å². The van der Waals surface area contributed by atoms with E-state index in [0.717, 1.165) is 5.56 Å². The Labute approximate surface area is 112 Å². The zero-order chi connectivity index (χ0) is 14.1. The van der Waals surface area contributed by atoms with Crippen LogP contribution >= 0.6 is 0 Å². The lowest BCUT2D eigenvalue weighted by Gasteiger charge is -2.09. The lowest BCUT2D eigenvalue weighted by molar-refractivity contribution is -0.136. The van der Waals surface area contributed by atoms with Crippen molar-refractivity contribution in [1.29, 1.82) is 0 Å². The van der Waals surface area contributed by atoms with Gasteiger partial charge in [0, 0.05) is 13.1 Å². The van der Waals surface area contributed by atoms with Crippen molar-refractivity contribution in [3.63, 3.8) is 0 Å². The number of carboxylic acids is 1. The smallest absolute Gasteiger partial charge is 0.307 e. The fourth-order valence-corrected chi connectivity index (χ4v) is 1.61. The maximum Gasteiger partial charge on any atom is 0.307 e. The molecule has 0 heterocycles. The number of nitrogens with one attached hydrogen (secondary N) is 2. The maximum atomic E-state index is 11.5. The van der Waals surface area contributed by atoms with Crippen LogP contribution in [0.4, 0.5) is 0 Å². The van der Waals surface area contributed by atoms with Crippen molar-refractivity contribution >= 4 is 11.9 Å². The van der Waals surface area contributed by atoms with E-state index in [9.17, 15) is 9.59 Å². The van der Waals surface area contributed by atoms with Crippen LogP contribution in [0.25, 0.3) is 0 Å². The van der Waals surface area contributed by atoms with Gasteiger partial charge in [-0.15, -0.1) is 6.58 Å². The van der Waals surface area contributed by atoms with E-state index < -0.39 is 5.97 Å². The summed E-state index contributed by atoms with van der Waals surface area (Å²) in [5.74, 6) is -1.02. The summed E-state index contributed by atoms with van der Waals surface area (Å²) in [6.45, 7) is 4.66. The van der Waals surface area contributed by atoms with Crippen LogP contribution in [0.5, 0.6) is 0 Å². The van der Waals surface area contributed by atoms with Crippen molar-refractivity contribution in [3.8, 4) is 0 Å². The summed E-state index contributed by atoms with van der Waals surface area (Å²) in [5.41, 5.74) is 1.54. The number of carboxylic acid groups (broad SMARTS) is 1. The second kappa shape index (κ2) is 8.05. The number of benzene rings is 1. The van der Waals surface area contributed by atoms with Gasteiger partial charge >= 0.3 is 5.97 Å². The molecule has 0 aromatic heterocycles. The van der Waals surface area contributed by atoms with Gasteiger partial charge in [-0.25, -0.2) is 0 Å². The minimum atomic E-state index is -0.883. The molecule has 5 heteroatoms. The summed E-state index contributed by atoms with van der Waals surface area (Å²) in [5, 5.41) is 14.4. The Morgan fingerprint density at radius 3 is 2.58 bits per heavy atom. The Bertz CT molecular complexity index is 458. The molecule has 3 N–H and O–H groups in total. The van der Waals surface area contributed by atoms with Gasteiger partial charge in [0.25, 0.3) is 0 Å². The maximum absolute atomic E-state index is 11.5. The normalized spacial score (nSPS) is 9.89. The minimum Gasteiger partial charge on any atom is -0.481 e. The predicted octanol–water partition coefficient (Wildman–Crippen LogP) is 0.705. The van der Waals surface area contributed by atoms with Gasteiger partial charge in [-0.05, 0) is 11.1 Å². The van der Waals surface area contributed by atoms with Crippen molar-refractivity contribution in [2.24, 2.45) is 0 Å². The molecular weight excluding hydrogens is 244 g/mol. The Morgan fingerprint density at radius 1 is 1.26 bits per heavy atom. The van der Waals surface area contributed by atoms with Crippen LogP contribution in [0.3, 0.4) is 0 Å². The van der Waals surface area contributed by atoms with Crippen LogP contribution in [0.1, 0.15) is 11.1 Å². The van der Waals surface area contributed by atoms with E-state index in [2.05, 4.69) is 17.2 Å². The standard InChI is InChI=1S/C14H18N2O3/c1-2-7-15-10-13(17)16-9-12-6-4-3-5-11(12)8-14(18)19/h2-6,15H,1,7-10H2,(H,16,17)(H,18,19). The van der Waals surface area contributed by atoms with Gasteiger partial charge in [0.05, 0.1) is 13.0 Å². The van der Waals surface area contributed by atoms with Crippen molar-refractivity contribution in [2.75, 3.05) is 13.1 Å². The van der Waals surface area contributed by atoms with Crippen LogP contribution < -0.4 is 10.6 Å². The molecule has 0 saturated carbocycles. The molecule has 0 aliphatic heterocycles. The Hall–Kier alpha value is -2.14. The summed E-state index contributed by atoms with van der Waals surface area (Å²) in [6, 6.07) is 7.18. The molecule has 1 rings (SSSR count). The molecule has 0 saturated heterocycles. The van der Waals surface area contributed by atoms with Crippen LogP contribution in [0.2, 0.25) is 0 Å². The van der Waals surface area contributed by atoms with E-state index in [1.54, 1.807) is 18.2 Å². The SMILES string of the molecule is C=CCNCC(=O)NCc1ccccc1CC(=O)O. The summed E-state index contributed by atoms with van der Waals surface area (Å²) < 4.78 is 0. The van der Waals surface area contributed by atoms with Gasteiger partial charge in [-0.1, -0.05) is 30.3 Å². The summed E-state index contributed by atoms with van der Waals surface area (Å²) in [7, 11) is 0. The fourth-order valence-electron chi connectivity index (χ4n) is 1.61. The van der Waals surface area contributed by atoms with E-state index in [-0.39, 0.29) is 18.9 Å². The highest BCUT2D eigenvalue weighted by Crippen LogP contribution is 2.09. The van der Waals surface area contributed by atoms with Crippen LogP contribution in [0.15, 0.2) is 36.9 Å². The van der Waals surface area contributed by atoms with Gasteiger partial charge in [0.2, 0.25) is 5.91 Å². The number of amides is 1. The molecule has 102 valence electrons. The van der Waals surface area contributed by atoms with Gasteiger partial charge in [0.1, 0.15) is 0 Å². The molecule has 0 aliphatic rings. The third-order valence-corrected chi connectivity index (χ3v) is 2.51. The quantitative estimate of drug-likeness (QED) is 0.476. The van der Waals surface area contributed by atoms with Gasteiger partial charge in [0.15, 0.2) is 0 Å². The number of hydrogen-bond donors (Lipinski definition) is 3. The zero-order valence-electron chi connectivity index (χ0n) is 10.7. The van der Waals surface area contributed by atoms with Crippen LogP contribution in [-0.4, -0.2) is 30.1 Å². The molecule has 0 radical (unpaired) electrons. The molecule has 0 spiro atoms. The molecule has 0 fully saturated rings. The molecule has 5 nitrogen and oxygen atoms in total. The zero-order valence-corrected chi connectivity index (χ0v) is 10.7. The lowest BCUT2D eigenvalue weighted by Crippen LogP contribution is -2.33. The van der Waals surface area contributed by atoms with Crippen LogP contribution in [-0.2, 0) is 22.6 Å². The van der Waals surface area contributed by atoms with E-state index in [0.29, 0.717) is 18.7 Å². The molecule has 19 heavy (non-hydrogen) atoms. The Balaban J connectivity index is 2.50. The number of carbonyl (C=O) groups is 2. The molecule has 0 atom stereocenters. The topological polar surface area (TPSA) is 78.4 Å². The van der Waals surface area contributed by atoms with E-state index >= 15 is 0 Å². The van der Waals surface area contributed by atoms with E-state index in [4.69, 9.17) is 5.11 Å². The number of carbonyl (C=O) groups excluding carboxylic acids is 1. The average molecular weight is 262 g/mol. The first-order chi connectivity index (χ1) is 9.13. The fraction of sp³-hybridized carbons (Fsp3) is 0.286. The third kappa shape index (κ3) is 5.83. The van der Waals surface area contributed by atoms with Crippen molar-refractivity contribution < 1.29 is 14.7 Å². The summed E-state index contributed by atoms with van der Waals surface area (Å²) in [4.78, 5) is 22.2. The minimum absolute atomic E-state index is 0.0409. The van der Waals surface area contributed by atoms with Crippen molar-refractivity contribution in [1.82, 2.24) is 10.6 Å². The molecule has 1 amide bonds. The second-order valence-electron chi connectivity index (χ2n) is 4.04. The largest absolute Gasteiger partial charge is 0.481 e. The number of rotatable bonds is 8. The summed E-state index contributed by atoms with van der Waals surface area (Å²) >= 11 is 0. The second-order valence-corrected chi connectivity index (χ2v) is 4.04. The van der Waals surface area contributed by atoms with Crippen LogP contribution in [0, 0.1) is 0 Å². The highest BCUT2D eigenvalue weighted by atomic mass is 16.4. The first kappa shape index (κ1) is 14.9. The molecular formula is C14H18N2O3. The van der Waals surface area contributed by atoms with Crippen molar-refractivity contribution in [3.05, 3.63) is 48.0 Å². The van der Waals surface area contributed by atoms with Gasteiger partial charge in [-0.2, -0.15) is 0 Å². The molecule has 0 unspecified atom stereocenters. The highest BCUT2D eigenvalue weighted by Gasteiger charge is 2.07.